The molecule has 1 fully saturated rings. The summed E-state index contributed by atoms with van der Waals surface area (Å²) in [4.78, 5) is 29.5. The molecule has 6 nitrogen and oxygen atoms in total. The van der Waals surface area contributed by atoms with Crippen LogP contribution in [0.3, 0.4) is 0 Å². The predicted octanol–water partition coefficient (Wildman–Crippen LogP) is 6.21. The topological polar surface area (TPSA) is 79.8 Å². The van der Waals surface area contributed by atoms with Gasteiger partial charge >= 0.3 is 0 Å². The van der Waals surface area contributed by atoms with Gasteiger partial charge in [0.05, 0.1) is 21.3 Å². The minimum Gasteiger partial charge on any atom is -0.484 e. The molecule has 3 aromatic carbocycles. The van der Waals surface area contributed by atoms with Crippen LogP contribution in [-0.4, -0.2) is 23.6 Å². The van der Waals surface area contributed by atoms with Gasteiger partial charge in [0.1, 0.15) is 5.75 Å². The van der Waals surface area contributed by atoms with Crippen molar-refractivity contribution >= 4 is 69.4 Å². The fourth-order valence-electron chi connectivity index (χ4n) is 2.96. The summed E-state index contributed by atoms with van der Waals surface area (Å²) in [5.41, 5.74) is 3.16. The zero-order chi connectivity index (χ0) is 24.1. The molecule has 9 heteroatoms. The van der Waals surface area contributed by atoms with Gasteiger partial charge in [-0.1, -0.05) is 53.0 Å². The van der Waals surface area contributed by atoms with Gasteiger partial charge in [0.25, 0.3) is 11.8 Å². The number of hydrogen-bond acceptors (Lipinski definition) is 5. The molecule has 0 radical (unpaired) electrons. The van der Waals surface area contributed by atoms with E-state index in [1.807, 2.05) is 31.2 Å². The molecule has 0 aromatic heterocycles. The van der Waals surface area contributed by atoms with Crippen molar-refractivity contribution in [2.24, 2.45) is 4.99 Å². The van der Waals surface area contributed by atoms with Gasteiger partial charge in [0, 0.05) is 5.02 Å². The number of amides is 2. The first-order valence-corrected chi connectivity index (χ1v) is 11.8. The molecule has 0 atom stereocenters. The van der Waals surface area contributed by atoms with Crippen LogP contribution in [0.2, 0.25) is 10.0 Å². The Labute approximate surface area is 211 Å². The van der Waals surface area contributed by atoms with Crippen molar-refractivity contribution in [1.82, 2.24) is 5.32 Å². The standard InChI is InChI=1S/C25H19Cl2N3O3S/c1-15-2-7-18(8-3-15)28-25-30-24(32)22(34-25)12-16-4-9-19(10-5-16)33-14-23(31)29-21-13-17(26)6-11-20(21)27/h2-13H,14H2,1H3,(H,29,31)(H,28,30,32)/b22-12-. The van der Waals surface area contributed by atoms with Crippen LogP contribution in [0.25, 0.3) is 6.08 Å². The van der Waals surface area contributed by atoms with Gasteiger partial charge in [0.15, 0.2) is 11.8 Å². The number of carbonyl (C=O) groups is 2. The molecule has 0 unspecified atom stereocenters. The monoisotopic (exact) mass is 511 g/mol. The molecule has 2 amide bonds. The molecule has 1 saturated heterocycles. The van der Waals surface area contributed by atoms with Crippen molar-refractivity contribution in [3.05, 3.63) is 92.8 Å². The lowest BCUT2D eigenvalue weighted by atomic mass is 10.2. The summed E-state index contributed by atoms with van der Waals surface area (Å²) in [5, 5.41) is 6.82. The van der Waals surface area contributed by atoms with Crippen LogP contribution in [0.5, 0.6) is 5.75 Å². The number of carbonyl (C=O) groups excluding carboxylic acids is 2. The third-order valence-corrected chi connectivity index (χ3v) is 6.14. The second-order valence-corrected chi connectivity index (χ2v) is 9.22. The largest absolute Gasteiger partial charge is 0.484 e. The maximum absolute atomic E-state index is 12.3. The number of ether oxygens (including phenoxy) is 1. The van der Waals surface area contributed by atoms with E-state index in [-0.39, 0.29) is 18.4 Å². The van der Waals surface area contributed by atoms with Gasteiger partial charge in [-0.15, -0.1) is 0 Å². The van der Waals surface area contributed by atoms with Crippen LogP contribution in [0.15, 0.2) is 76.6 Å². The normalized spacial score (nSPS) is 15.4. The molecule has 1 aliphatic rings. The van der Waals surface area contributed by atoms with Crippen LogP contribution < -0.4 is 15.4 Å². The summed E-state index contributed by atoms with van der Waals surface area (Å²) in [6, 6.07) is 19.6. The highest BCUT2D eigenvalue weighted by Gasteiger charge is 2.23. The minimum atomic E-state index is -0.366. The fraction of sp³-hybridized carbons (Fsp3) is 0.0800. The Morgan fingerprint density at radius 1 is 1.09 bits per heavy atom. The zero-order valence-corrected chi connectivity index (χ0v) is 20.3. The Balaban J connectivity index is 1.34. The Kier molecular flexibility index (Phi) is 7.57. The molecule has 0 saturated carbocycles. The van der Waals surface area contributed by atoms with Crippen LogP contribution in [0.1, 0.15) is 11.1 Å². The van der Waals surface area contributed by atoms with Gasteiger partial charge < -0.3 is 15.4 Å². The molecule has 0 bridgehead atoms. The van der Waals surface area contributed by atoms with Crippen LogP contribution in [0, 0.1) is 6.92 Å². The molecule has 4 rings (SSSR count). The molecule has 172 valence electrons. The van der Waals surface area contributed by atoms with E-state index in [1.165, 1.54) is 11.8 Å². The summed E-state index contributed by atoms with van der Waals surface area (Å²) >= 11 is 13.3. The van der Waals surface area contributed by atoms with Crippen molar-refractivity contribution in [3.63, 3.8) is 0 Å². The van der Waals surface area contributed by atoms with Crippen molar-refractivity contribution in [3.8, 4) is 5.75 Å². The number of hydrogen-bond donors (Lipinski definition) is 2. The Morgan fingerprint density at radius 2 is 1.82 bits per heavy atom. The second-order valence-electron chi connectivity index (χ2n) is 7.35. The zero-order valence-electron chi connectivity index (χ0n) is 18.0. The number of halogens is 2. The Hall–Kier alpha value is -3.26. The lowest BCUT2D eigenvalue weighted by Gasteiger charge is -2.09. The number of aliphatic imine (C=N–C) groups is 1. The molecule has 1 aliphatic heterocycles. The number of aryl methyl sites for hydroxylation is 1. The van der Waals surface area contributed by atoms with E-state index in [0.29, 0.717) is 31.6 Å². The van der Waals surface area contributed by atoms with E-state index in [0.717, 1.165) is 16.8 Å². The quantitative estimate of drug-likeness (QED) is 0.385. The van der Waals surface area contributed by atoms with E-state index < -0.39 is 0 Å². The highest BCUT2D eigenvalue weighted by Crippen LogP contribution is 2.29. The first kappa shape index (κ1) is 23.9. The average Bonchev–Trinajstić information content (AvgIpc) is 3.15. The highest BCUT2D eigenvalue weighted by molar-refractivity contribution is 8.18. The maximum atomic E-state index is 12.3. The van der Waals surface area contributed by atoms with Gasteiger partial charge in [-0.25, -0.2) is 4.99 Å². The summed E-state index contributed by atoms with van der Waals surface area (Å²) in [6.07, 6.45) is 1.77. The van der Waals surface area contributed by atoms with Crippen LogP contribution >= 0.6 is 35.0 Å². The number of thioether (sulfide) groups is 1. The maximum Gasteiger partial charge on any atom is 0.264 e. The summed E-state index contributed by atoms with van der Waals surface area (Å²) in [6.45, 7) is 1.81. The average molecular weight is 512 g/mol. The van der Waals surface area contributed by atoms with Gasteiger partial charge in [0.2, 0.25) is 0 Å². The second kappa shape index (κ2) is 10.8. The molecular weight excluding hydrogens is 493 g/mol. The third kappa shape index (κ3) is 6.41. The van der Waals surface area contributed by atoms with Crippen molar-refractivity contribution < 1.29 is 14.3 Å². The number of benzene rings is 3. The third-order valence-electron chi connectivity index (χ3n) is 4.67. The smallest absolute Gasteiger partial charge is 0.264 e. The van der Waals surface area contributed by atoms with Gasteiger partial charge in [-0.05, 0) is 72.8 Å². The molecule has 2 N–H and O–H groups in total. The van der Waals surface area contributed by atoms with Crippen LogP contribution in [0.4, 0.5) is 11.4 Å². The fourth-order valence-corrected chi connectivity index (χ4v) is 4.14. The number of nitrogens with one attached hydrogen (secondary N) is 2. The summed E-state index contributed by atoms with van der Waals surface area (Å²) in [7, 11) is 0. The molecular formula is C25H19Cl2N3O3S. The van der Waals surface area contributed by atoms with E-state index in [1.54, 1.807) is 48.5 Å². The molecule has 0 spiro atoms. The number of amidine groups is 1. The van der Waals surface area contributed by atoms with E-state index in [4.69, 9.17) is 27.9 Å². The van der Waals surface area contributed by atoms with E-state index in [9.17, 15) is 9.59 Å². The van der Waals surface area contributed by atoms with Gasteiger partial charge in [-0.3, -0.25) is 9.59 Å². The molecule has 34 heavy (non-hydrogen) atoms. The van der Waals surface area contributed by atoms with Crippen molar-refractivity contribution in [2.45, 2.75) is 6.92 Å². The predicted molar refractivity (Wildman–Crippen MR) is 139 cm³/mol. The number of nitrogens with zero attached hydrogens (tertiary/aromatic N) is 1. The molecule has 1 heterocycles. The lowest BCUT2D eigenvalue weighted by Crippen LogP contribution is -2.20. The van der Waals surface area contributed by atoms with Crippen molar-refractivity contribution in [1.29, 1.82) is 0 Å². The molecule has 3 aromatic rings. The van der Waals surface area contributed by atoms with E-state index >= 15 is 0 Å². The first-order chi connectivity index (χ1) is 16.4. The van der Waals surface area contributed by atoms with Crippen LogP contribution in [-0.2, 0) is 9.59 Å². The SMILES string of the molecule is Cc1ccc(N=C2NC(=O)/C(=C/c3ccc(OCC(=O)Nc4cc(Cl)ccc4Cl)cc3)S2)cc1. The summed E-state index contributed by atoms with van der Waals surface area (Å²) < 4.78 is 5.54. The highest BCUT2D eigenvalue weighted by atomic mass is 35.5. The number of rotatable bonds is 6. The lowest BCUT2D eigenvalue weighted by molar-refractivity contribution is -0.118. The minimum absolute atomic E-state index is 0.194. The van der Waals surface area contributed by atoms with Gasteiger partial charge in [-0.2, -0.15) is 0 Å². The number of anilines is 1. The molecule has 0 aliphatic carbocycles. The Bertz CT molecular complexity index is 1290. The Morgan fingerprint density at radius 3 is 2.56 bits per heavy atom. The van der Waals surface area contributed by atoms with Crippen molar-refractivity contribution in [2.75, 3.05) is 11.9 Å². The first-order valence-electron chi connectivity index (χ1n) is 10.2. The van der Waals surface area contributed by atoms with E-state index in [2.05, 4.69) is 15.6 Å². The summed E-state index contributed by atoms with van der Waals surface area (Å²) in [5.74, 6) is -0.0537.